The van der Waals surface area contributed by atoms with Gasteiger partial charge in [-0.25, -0.2) is 9.69 Å². The number of carbonyl (C=O) groups excluding carboxylic acids is 2. The van der Waals surface area contributed by atoms with Crippen LogP contribution in [0.15, 0.2) is 18.2 Å². The molecule has 29 heavy (non-hydrogen) atoms. The van der Waals surface area contributed by atoms with E-state index in [9.17, 15) is 14.9 Å². The minimum absolute atomic E-state index is 0.285. The smallest absolute Gasteiger partial charge is 0.417 e. The second-order valence-electron chi connectivity index (χ2n) is 7.28. The van der Waals surface area contributed by atoms with Crippen LogP contribution in [0.3, 0.4) is 0 Å². The Balaban J connectivity index is 2.04. The summed E-state index contributed by atoms with van der Waals surface area (Å²) in [5.41, 5.74) is 0.545. The fourth-order valence-corrected chi connectivity index (χ4v) is 4.09. The maximum Gasteiger partial charge on any atom is 0.417 e. The van der Waals surface area contributed by atoms with Gasteiger partial charge in [0, 0.05) is 36.3 Å². The van der Waals surface area contributed by atoms with Gasteiger partial charge in [-0.05, 0) is 31.0 Å². The van der Waals surface area contributed by atoms with E-state index in [1.54, 1.807) is 20.2 Å². The molecule has 1 unspecified atom stereocenters. The van der Waals surface area contributed by atoms with Gasteiger partial charge in [-0.3, -0.25) is 9.79 Å². The molecular weight excluding hydrogens is 396 g/mol. The van der Waals surface area contributed by atoms with E-state index in [-0.39, 0.29) is 5.84 Å². The molecule has 2 aliphatic rings. The number of imide groups is 1. The summed E-state index contributed by atoms with van der Waals surface area (Å²) in [6, 6.07) is 7.00. The van der Waals surface area contributed by atoms with Gasteiger partial charge in [-0.1, -0.05) is 11.6 Å². The molecule has 2 aliphatic heterocycles. The Morgan fingerprint density at radius 2 is 2.00 bits per heavy atom. The molecule has 0 aliphatic carbocycles. The van der Waals surface area contributed by atoms with E-state index in [1.807, 2.05) is 18.2 Å². The summed E-state index contributed by atoms with van der Waals surface area (Å²) in [5, 5.41) is 10.1. The molecule has 3 amide bonds. The van der Waals surface area contributed by atoms with Crippen molar-refractivity contribution in [1.82, 2.24) is 9.80 Å². The zero-order chi connectivity index (χ0) is 21.2. The average molecular weight is 420 g/mol. The highest BCUT2D eigenvalue weighted by Gasteiger charge is 2.48. The summed E-state index contributed by atoms with van der Waals surface area (Å²) in [5.74, 6) is -0.614. The SMILES string of the molecule is COc1ccc(Cl)cc1C1(C[NH+]=C2C(C#N)C(=O)N(C)C(=O)N2C)CCOCC1. The van der Waals surface area contributed by atoms with Gasteiger partial charge >= 0.3 is 6.03 Å². The fourth-order valence-electron chi connectivity index (χ4n) is 3.92. The van der Waals surface area contributed by atoms with Gasteiger partial charge in [0.05, 0.1) is 26.8 Å². The maximum atomic E-state index is 12.4. The van der Waals surface area contributed by atoms with Crippen molar-refractivity contribution in [3.8, 4) is 11.8 Å². The molecule has 0 saturated carbocycles. The third-order valence-electron chi connectivity index (χ3n) is 5.71. The number of rotatable bonds is 4. The van der Waals surface area contributed by atoms with Crippen molar-refractivity contribution in [2.75, 3.05) is 41.0 Å². The van der Waals surface area contributed by atoms with Crippen LogP contribution < -0.4 is 9.73 Å². The fraction of sp³-hybridized carbons (Fsp3) is 0.500. The Kier molecular flexibility index (Phi) is 6.10. The van der Waals surface area contributed by atoms with Gasteiger partial charge < -0.3 is 9.47 Å². The number of nitrogens with zero attached hydrogens (tertiary/aromatic N) is 3. The van der Waals surface area contributed by atoms with Crippen molar-refractivity contribution < 1.29 is 24.1 Å². The van der Waals surface area contributed by atoms with Crippen LogP contribution in [-0.4, -0.2) is 68.5 Å². The largest absolute Gasteiger partial charge is 0.496 e. The molecule has 9 heteroatoms. The lowest BCUT2D eigenvalue weighted by Crippen LogP contribution is -2.84. The Labute approximate surface area is 174 Å². The minimum Gasteiger partial charge on any atom is -0.496 e. The number of amides is 3. The first-order valence-electron chi connectivity index (χ1n) is 9.32. The molecular formula is C20H24ClN4O4+. The summed E-state index contributed by atoms with van der Waals surface area (Å²) in [7, 11) is 4.53. The second kappa shape index (κ2) is 8.39. The highest BCUT2D eigenvalue weighted by molar-refractivity contribution is 6.30. The van der Waals surface area contributed by atoms with Gasteiger partial charge in [-0.2, -0.15) is 10.2 Å². The number of ether oxygens (including phenoxy) is 2. The maximum absolute atomic E-state index is 12.4. The third kappa shape index (κ3) is 3.80. The molecule has 1 atom stereocenters. The van der Waals surface area contributed by atoms with Crippen molar-refractivity contribution in [3.05, 3.63) is 28.8 Å². The molecule has 2 saturated heterocycles. The number of halogens is 1. The van der Waals surface area contributed by atoms with Gasteiger partial charge in [0.15, 0.2) is 0 Å². The zero-order valence-corrected chi connectivity index (χ0v) is 17.5. The van der Waals surface area contributed by atoms with E-state index in [0.29, 0.717) is 43.4 Å². The predicted octanol–water partition coefficient (Wildman–Crippen LogP) is 0.539. The van der Waals surface area contributed by atoms with Crippen LogP contribution in [0.5, 0.6) is 5.75 Å². The topological polar surface area (TPSA) is 96.8 Å². The van der Waals surface area contributed by atoms with Crippen LogP contribution in [0.1, 0.15) is 18.4 Å². The Bertz CT molecular complexity index is 889. The van der Waals surface area contributed by atoms with E-state index in [2.05, 4.69) is 4.99 Å². The molecule has 0 spiro atoms. The minimum atomic E-state index is -1.07. The monoisotopic (exact) mass is 419 g/mol. The number of hydrogen-bond acceptors (Lipinski definition) is 5. The predicted molar refractivity (Wildman–Crippen MR) is 106 cm³/mol. The van der Waals surface area contributed by atoms with Crippen molar-refractivity contribution in [1.29, 1.82) is 5.26 Å². The molecule has 2 fully saturated rings. The van der Waals surface area contributed by atoms with Gasteiger partial charge in [0.2, 0.25) is 5.92 Å². The molecule has 0 radical (unpaired) electrons. The Morgan fingerprint density at radius 3 is 2.62 bits per heavy atom. The average Bonchev–Trinajstić information content (AvgIpc) is 2.74. The summed E-state index contributed by atoms with van der Waals surface area (Å²) in [6.07, 6.45) is 1.40. The zero-order valence-electron chi connectivity index (χ0n) is 16.7. The summed E-state index contributed by atoms with van der Waals surface area (Å²) < 4.78 is 11.1. The van der Waals surface area contributed by atoms with Crippen molar-refractivity contribution in [3.63, 3.8) is 0 Å². The molecule has 154 valence electrons. The molecule has 1 N–H and O–H groups in total. The van der Waals surface area contributed by atoms with E-state index in [0.717, 1.165) is 10.5 Å². The van der Waals surface area contributed by atoms with E-state index < -0.39 is 23.3 Å². The molecule has 2 heterocycles. The van der Waals surface area contributed by atoms with Crippen LogP contribution in [0.2, 0.25) is 5.02 Å². The first kappa shape index (κ1) is 21.1. The van der Waals surface area contributed by atoms with Crippen LogP contribution >= 0.6 is 11.6 Å². The number of hydrogen-bond donors (Lipinski definition) is 1. The molecule has 1 aromatic carbocycles. The van der Waals surface area contributed by atoms with Gasteiger partial charge in [0.25, 0.3) is 11.7 Å². The summed E-state index contributed by atoms with van der Waals surface area (Å²) in [4.78, 5) is 30.3. The molecule has 1 aromatic rings. The van der Waals surface area contributed by atoms with E-state index in [1.165, 1.54) is 11.9 Å². The van der Waals surface area contributed by atoms with Gasteiger partial charge in [-0.15, -0.1) is 0 Å². The van der Waals surface area contributed by atoms with Crippen molar-refractivity contribution in [2.24, 2.45) is 5.92 Å². The normalized spacial score (nSPS) is 23.3. The Morgan fingerprint density at radius 1 is 1.31 bits per heavy atom. The number of amidine groups is 1. The van der Waals surface area contributed by atoms with Crippen LogP contribution in [0.4, 0.5) is 4.79 Å². The van der Waals surface area contributed by atoms with E-state index in [4.69, 9.17) is 21.1 Å². The van der Waals surface area contributed by atoms with Crippen molar-refractivity contribution >= 4 is 29.4 Å². The quantitative estimate of drug-likeness (QED) is 0.768. The summed E-state index contributed by atoms with van der Waals surface area (Å²) in [6.45, 7) is 1.52. The number of carbonyl (C=O) groups is 2. The van der Waals surface area contributed by atoms with Crippen molar-refractivity contribution in [2.45, 2.75) is 18.3 Å². The number of nitrogens with one attached hydrogen (secondary N) is 1. The van der Waals surface area contributed by atoms with Crippen LogP contribution in [0.25, 0.3) is 0 Å². The first-order chi connectivity index (χ1) is 13.8. The van der Waals surface area contributed by atoms with Crippen LogP contribution in [0, 0.1) is 17.2 Å². The molecule has 8 nitrogen and oxygen atoms in total. The number of nitriles is 1. The molecule has 0 aromatic heterocycles. The lowest BCUT2D eigenvalue weighted by molar-refractivity contribution is -0.478. The molecule has 0 bridgehead atoms. The highest BCUT2D eigenvalue weighted by atomic mass is 35.5. The third-order valence-corrected chi connectivity index (χ3v) is 5.94. The highest BCUT2D eigenvalue weighted by Crippen LogP contribution is 2.40. The van der Waals surface area contributed by atoms with E-state index >= 15 is 0 Å². The van der Waals surface area contributed by atoms with Crippen LogP contribution in [-0.2, 0) is 14.9 Å². The lowest BCUT2D eigenvalue weighted by atomic mass is 9.73. The number of urea groups is 1. The Hall–Kier alpha value is -2.63. The lowest BCUT2D eigenvalue weighted by Gasteiger charge is -2.37. The second-order valence-corrected chi connectivity index (χ2v) is 7.71. The number of methoxy groups -OCH3 is 1. The first-order valence-corrected chi connectivity index (χ1v) is 9.70. The summed E-state index contributed by atoms with van der Waals surface area (Å²) >= 11 is 6.27. The van der Waals surface area contributed by atoms with Gasteiger partial charge in [0.1, 0.15) is 5.75 Å². The number of benzene rings is 1. The molecule has 3 rings (SSSR count). The standard InChI is InChI=1S/C20H23ClN4O4/c1-24-17(14(11-22)18(26)25(2)19(24)27)23-12-20(6-8-29-9-7-20)15-10-13(21)4-5-16(15)28-3/h4-5,10,14H,6-9,12H2,1-3H3/p+1.